The Morgan fingerprint density at radius 2 is 2.26 bits per heavy atom. The van der Waals surface area contributed by atoms with Crippen LogP contribution in [0.2, 0.25) is 0 Å². The van der Waals surface area contributed by atoms with E-state index >= 15 is 0 Å². The summed E-state index contributed by atoms with van der Waals surface area (Å²) in [5, 5.41) is 21.5. The zero-order chi connectivity index (χ0) is 16.7. The Labute approximate surface area is 134 Å². The lowest BCUT2D eigenvalue weighted by Gasteiger charge is -2.05. The van der Waals surface area contributed by atoms with Gasteiger partial charge in [0.15, 0.2) is 0 Å². The molecule has 2 rings (SSSR count). The van der Waals surface area contributed by atoms with Crippen molar-refractivity contribution in [3.8, 4) is 11.8 Å². The van der Waals surface area contributed by atoms with Gasteiger partial charge in [0.05, 0.1) is 12.8 Å². The highest BCUT2D eigenvalue weighted by Crippen LogP contribution is 2.21. The molecule has 2 aromatic rings. The minimum atomic E-state index is -0.484. The summed E-state index contributed by atoms with van der Waals surface area (Å²) in [5.41, 5.74) is 1.32. The number of nitrogens with one attached hydrogen (secondary N) is 1. The van der Waals surface area contributed by atoms with Crippen LogP contribution in [0.3, 0.4) is 0 Å². The number of furan rings is 1. The molecule has 116 valence electrons. The van der Waals surface area contributed by atoms with Gasteiger partial charge in [-0.25, -0.2) is 0 Å². The second kappa shape index (κ2) is 7.66. The standard InChI is InChI=1S/C18H16N2O3/c1-2-4-14-9-13(6-7-17(14)21)10-15(11-19)18(22)20-12-16-5-3-8-23-16/h2-3,5-10,21H,1,4,12H2,(H,20,22)/b15-10-. The van der Waals surface area contributed by atoms with E-state index in [1.54, 1.807) is 30.3 Å². The molecule has 0 saturated carbocycles. The Hall–Kier alpha value is -3.26. The van der Waals surface area contributed by atoms with Gasteiger partial charge in [-0.1, -0.05) is 12.1 Å². The van der Waals surface area contributed by atoms with E-state index in [0.717, 1.165) is 0 Å². The molecule has 5 heteroatoms. The van der Waals surface area contributed by atoms with E-state index in [4.69, 9.17) is 4.42 Å². The molecule has 1 heterocycles. The molecule has 0 unspecified atom stereocenters. The fourth-order valence-corrected chi connectivity index (χ4v) is 2.01. The topological polar surface area (TPSA) is 86.3 Å². The van der Waals surface area contributed by atoms with Gasteiger partial charge in [0.2, 0.25) is 0 Å². The molecular formula is C18H16N2O3. The number of carbonyl (C=O) groups is 1. The minimum Gasteiger partial charge on any atom is -0.508 e. The number of hydrogen-bond acceptors (Lipinski definition) is 4. The Morgan fingerprint density at radius 1 is 1.43 bits per heavy atom. The molecule has 0 bridgehead atoms. The molecule has 1 amide bonds. The fourth-order valence-electron chi connectivity index (χ4n) is 2.01. The smallest absolute Gasteiger partial charge is 0.262 e. The van der Waals surface area contributed by atoms with E-state index in [1.807, 2.05) is 6.07 Å². The number of phenolic OH excluding ortho intramolecular Hbond substituents is 1. The molecule has 0 fully saturated rings. The normalized spacial score (nSPS) is 10.8. The van der Waals surface area contributed by atoms with Gasteiger partial charge < -0.3 is 14.8 Å². The number of allylic oxidation sites excluding steroid dienone is 1. The maximum Gasteiger partial charge on any atom is 0.262 e. The number of hydrogen-bond donors (Lipinski definition) is 2. The van der Waals surface area contributed by atoms with Crippen LogP contribution in [-0.4, -0.2) is 11.0 Å². The number of phenols is 1. The molecule has 0 aliphatic heterocycles. The van der Waals surface area contributed by atoms with Crippen LogP contribution in [-0.2, 0) is 17.8 Å². The largest absolute Gasteiger partial charge is 0.508 e. The molecule has 23 heavy (non-hydrogen) atoms. The Morgan fingerprint density at radius 3 is 2.91 bits per heavy atom. The van der Waals surface area contributed by atoms with Crippen LogP contribution in [0.4, 0.5) is 0 Å². The van der Waals surface area contributed by atoms with Crippen molar-refractivity contribution >= 4 is 12.0 Å². The van der Waals surface area contributed by atoms with E-state index in [2.05, 4.69) is 11.9 Å². The lowest BCUT2D eigenvalue weighted by atomic mass is 10.0. The summed E-state index contributed by atoms with van der Waals surface area (Å²) in [6, 6.07) is 10.2. The molecule has 0 atom stereocenters. The number of nitrogens with zero attached hydrogens (tertiary/aromatic N) is 1. The average molecular weight is 308 g/mol. The first-order chi connectivity index (χ1) is 11.1. The van der Waals surface area contributed by atoms with Gasteiger partial charge in [-0.15, -0.1) is 6.58 Å². The minimum absolute atomic E-state index is 0.0215. The summed E-state index contributed by atoms with van der Waals surface area (Å²) in [5.74, 6) is 0.276. The molecule has 0 spiro atoms. The van der Waals surface area contributed by atoms with Gasteiger partial charge in [-0.3, -0.25) is 4.79 Å². The molecule has 1 aromatic heterocycles. The molecule has 0 aliphatic carbocycles. The highest BCUT2D eigenvalue weighted by Gasteiger charge is 2.10. The zero-order valence-corrected chi connectivity index (χ0v) is 12.5. The fraction of sp³-hybridized carbons (Fsp3) is 0.111. The van der Waals surface area contributed by atoms with Crippen LogP contribution < -0.4 is 5.32 Å². The van der Waals surface area contributed by atoms with E-state index in [-0.39, 0.29) is 17.9 Å². The third-order valence-corrected chi connectivity index (χ3v) is 3.15. The maximum absolute atomic E-state index is 12.0. The molecule has 5 nitrogen and oxygen atoms in total. The summed E-state index contributed by atoms with van der Waals surface area (Å²) in [7, 11) is 0. The van der Waals surface area contributed by atoms with Crippen LogP contribution in [0.25, 0.3) is 6.08 Å². The highest BCUT2D eigenvalue weighted by atomic mass is 16.3. The van der Waals surface area contributed by atoms with Crippen molar-refractivity contribution in [1.82, 2.24) is 5.32 Å². The molecule has 2 N–H and O–H groups in total. The van der Waals surface area contributed by atoms with Crippen LogP contribution >= 0.6 is 0 Å². The molecule has 0 aliphatic rings. The molecule has 0 radical (unpaired) electrons. The Balaban J connectivity index is 2.14. The van der Waals surface area contributed by atoms with Gasteiger partial charge in [0, 0.05) is 0 Å². The van der Waals surface area contributed by atoms with Gasteiger partial charge in [-0.05, 0) is 47.9 Å². The highest BCUT2D eigenvalue weighted by molar-refractivity contribution is 6.01. The van der Waals surface area contributed by atoms with Crippen LogP contribution in [0.5, 0.6) is 5.75 Å². The van der Waals surface area contributed by atoms with Crippen LogP contribution in [0, 0.1) is 11.3 Å². The van der Waals surface area contributed by atoms with E-state index in [1.165, 1.54) is 18.4 Å². The average Bonchev–Trinajstić information content (AvgIpc) is 3.07. The first-order valence-corrected chi connectivity index (χ1v) is 6.99. The monoisotopic (exact) mass is 308 g/mol. The Bertz CT molecular complexity index is 768. The lowest BCUT2D eigenvalue weighted by Crippen LogP contribution is -2.23. The van der Waals surface area contributed by atoms with Crippen molar-refractivity contribution in [2.75, 3.05) is 0 Å². The van der Waals surface area contributed by atoms with Crippen molar-refractivity contribution < 1.29 is 14.3 Å². The van der Waals surface area contributed by atoms with E-state index in [9.17, 15) is 15.2 Å². The SMILES string of the molecule is C=CCc1cc(/C=C(/C#N)C(=O)NCc2ccco2)ccc1O. The Kier molecular flexibility index (Phi) is 5.37. The third-order valence-electron chi connectivity index (χ3n) is 3.15. The zero-order valence-electron chi connectivity index (χ0n) is 12.5. The number of amides is 1. The van der Waals surface area contributed by atoms with Crippen LogP contribution in [0.15, 0.2) is 59.2 Å². The van der Waals surface area contributed by atoms with Crippen molar-refractivity contribution in [3.63, 3.8) is 0 Å². The first-order valence-electron chi connectivity index (χ1n) is 6.99. The van der Waals surface area contributed by atoms with Crippen LogP contribution in [0.1, 0.15) is 16.9 Å². The molecule has 1 aromatic carbocycles. The third kappa shape index (κ3) is 4.35. The number of nitriles is 1. The van der Waals surface area contributed by atoms with Crippen molar-refractivity contribution in [1.29, 1.82) is 5.26 Å². The number of rotatable bonds is 6. The van der Waals surface area contributed by atoms with Crippen molar-refractivity contribution in [2.45, 2.75) is 13.0 Å². The summed E-state index contributed by atoms with van der Waals surface area (Å²) in [6.07, 6.45) is 5.16. The van der Waals surface area contributed by atoms with Crippen molar-refractivity contribution in [2.24, 2.45) is 0 Å². The molecular weight excluding hydrogens is 292 g/mol. The summed E-state index contributed by atoms with van der Waals surface area (Å²) in [4.78, 5) is 12.0. The number of carbonyl (C=O) groups excluding carboxylic acids is 1. The van der Waals surface area contributed by atoms with Gasteiger partial charge in [0.1, 0.15) is 23.2 Å². The lowest BCUT2D eigenvalue weighted by molar-refractivity contribution is -0.117. The predicted octanol–water partition coefficient (Wildman–Crippen LogP) is 2.94. The van der Waals surface area contributed by atoms with Gasteiger partial charge in [-0.2, -0.15) is 5.26 Å². The summed E-state index contributed by atoms with van der Waals surface area (Å²) in [6.45, 7) is 3.84. The maximum atomic E-state index is 12.0. The van der Waals surface area contributed by atoms with Gasteiger partial charge in [0.25, 0.3) is 5.91 Å². The summed E-state index contributed by atoms with van der Waals surface area (Å²) < 4.78 is 5.12. The quantitative estimate of drug-likeness (QED) is 0.488. The van der Waals surface area contributed by atoms with E-state index in [0.29, 0.717) is 23.3 Å². The van der Waals surface area contributed by atoms with E-state index < -0.39 is 5.91 Å². The summed E-state index contributed by atoms with van der Waals surface area (Å²) >= 11 is 0. The second-order valence-electron chi connectivity index (χ2n) is 4.81. The van der Waals surface area contributed by atoms with Gasteiger partial charge >= 0.3 is 0 Å². The van der Waals surface area contributed by atoms with Crippen molar-refractivity contribution in [3.05, 3.63) is 71.7 Å². The second-order valence-corrected chi connectivity index (χ2v) is 4.81. The molecule has 0 saturated heterocycles. The predicted molar refractivity (Wildman–Crippen MR) is 86.2 cm³/mol. The number of benzene rings is 1. The number of aromatic hydroxyl groups is 1. The first kappa shape index (κ1) is 16.1.